The van der Waals surface area contributed by atoms with Crippen molar-refractivity contribution in [2.45, 2.75) is 38.6 Å². The summed E-state index contributed by atoms with van der Waals surface area (Å²) in [6.07, 6.45) is 5.27. The van der Waals surface area contributed by atoms with Crippen LogP contribution in [0.5, 0.6) is 5.75 Å². The van der Waals surface area contributed by atoms with E-state index in [1.807, 2.05) is 6.07 Å². The highest BCUT2D eigenvalue weighted by Crippen LogP contribution is 2.37. The average molecular weight is 556 g/mol. The Kier molecular flexibility index (Phi) is 7.49. The van der Waals surface area contributed by atoms with Gasteiger partial charge in [-0.15, -0.1) is 0 Å². The van der Waals surface area contributed by atoms with Gasteiger partial charge in [-0.2, -0.15) is 4.98 Å². The fourth-order valence-corrected chi connectivity index (χ4v) is 6.08. The van der Waals surface area contributed by atoms with Crippen molar-refractivity contribution in [1.29, 1.82) is 0 Å². The first kappa shape index (κ1) is 27.0. The molecule has 41 heavy (non-hydrogen) atoms. The number of fused-ring (bicyclic) bond motifs is 4. The van der Waals surface area contributed by atoms with Crippen LogP contribution >= 0.6 is 0 Å². The number of aryl methyl sites for hydroxylation is 1. The molecule has 3 saturated heterocycles. The van der Waals surface area contributed by atoms with Crippen molar-refractivity contribution in [2.75, 3.05) is 55.5 Å². The highest BCUT2D eigenvalue weighted by molar-refractivity contribution is 5.98. The van der Waals surface area contributed by atoms with E-state index in [1.165, 1.54) is 5.56 Å². The van der Waals surface area contributed by atoms with Crippen molar-refractivity contribution in [3.63, 3.8) is 0 Å². The van der Waals surface area contributed by atoms with Gasteiger partial charge >= 0.3 is 0 Å². The minimum atomic E-state index is -0.0904. The van der Waals surface area contributed by atoms with Crippen LogP contribution in [0.3, 0.4) is 0 Å². The van der Waals surface area contributed by atoms with Gasteiger partial charge in [-0.1, -0.05) is 19.1 Å². The normalized spacial score (nSPS) is 21.7. The molecule has 3 fully saturated rings. The fourth-order valence-electron chi connectivity index (χ4n) is 6.08. The van der Waals surface area contributed by atoms with Gasteiger partial charge in [0.15, 0.2) is 5.82 Å². The number of ether oxygens (including phenoxy) is 1. The number of carbonyl (C=O) groups is 2. The molecule has 1 unspecified atom stereocenters. The molecule has 3 aromatic rings. The first-order valence-corrected chi connectivity index (χ1v) is 14.4. The lowest BCUT2D eigenvalue weighted by Crippen LogP contribution is -2.57. The number of methoxy groups -OCH3 is 1. The molecular formula is C31H37N7O3. The molecular weight excluding hydrogens is 518 g/mol. The molecule has 2 amide bonds. The third kappa shape index (κ3) is 5.44. The summed E-state index contributed by atoms with van der Waals surface area (Å²) in [4.78, 5) is 41.3. The number of aromatic nitrogens is 2. The minimum Gasteiger partial charge on any atom is -0.495 e. The van der Waals surface area contributed by atoms with Crippen LogP contribution in [-0.2, 0) is 11.2 Å². The largest absolute Gasteiger partial charge is 0.495 e. The van der Waals surface area contributed by atoms with E-state index in [0.29, 0.717) is 53.3 Å². The van der Waals surface area contributed by atoms with Crippen molar-refractivity contribution >= 4 is 40.6 Å². The van der Waals surface area contributed by atoms with Gasteiger partial charge in [0.25, 0.3) is 5.91 Å². The van der Waals surface area contributed by atoms with Crippen molar-refractivity contribution in [2.24, 2.45) is 5.92 Å². The van der Waals surface area contributed by atoms with E-state index in [0.717, 1.165) is 44.6 Å². The molecule has 0 aliphatic carbocycles. The van der Waals surface area contributed by atoms with Crippen molar-refractivity contribution in [1.82, 2.24) is 20.2 Å². The Balaban J connectivity index is 1.25. The van der Waals surface area contributed by atoms with Crippen LogP contribution < -0.4 is 25.2 Å². The molecule has 7 rings (SSSR count). The van der Waals surface area contributed by atoms with Gasteiger partial charge in [-0.05, 0) is 74.2 Å². The van der Waals surface area contributed by atoms with E-state index < -0.39 is 0 Å². The monoisotopic (exact) mass is 555 g/mol. The second-order valence-electron chi connectivity index (χ2n) is 11.0. The molecule has 1 aromatic heterocycles. The van der Waals surface area contributed by atoms with Crippen LogP contribution in [0.4, 0.5) is 28.8 Å². The quantitative estimate of drug-likeness (QED) is 0.449. The summed E-state index contributed by atoms with van der Waals surface area (Å²) in [7, 11) is 3.33. The third-order valence-corrected chi connectivity index (χ3v) is 8.63. The molecule has 2 bridgehead atoms. The van der Waals surface area contributed by atoms with Gasteiger partial charge in [0.05, 0.1) is 19.0 Å². The number of anilines is 5. The zero-order valence-electron chi connectivity index (χ0n) is 23.9. The predicted octanol–water partition coefficient (Wildman–Crippen LogP) is 4.12. The molecule has 2 aromatic carbocycles. The Morgan fingerprint density at radius 3 is 2.56 bits per heavy atom. The van der Waals surface area contributed by atoms with Gasteiger partial charge in [-0.25, -0.2) is 4.98 Å². The van der Waals surface area contributed by atoms with E-state index in [4.69, 9.17) is 9.72 Å². The highest BCUT2D eigenvalue weighted by Gasteiger charge is 2.35. The van der Waals surface area contributed by atoms with Crippen LogP contribution in [0.25, 0.3) is 0 Å². The van der Waals surface area contributed by atoms with Gasteiger partial charge < -0.3 is 30.1 Å². The number of piperidine rings is 3. The summed E-state index contributed by atoms with van der Waals surface area (Å²) in [6.45, 7) is 5.81. The summed E-state index contributed by atoms with van der Waals surface area (Å²) < 4.78 is 5.65. The number of nitrogens with one attached hydrogen (secondary N) is 2. The second kappa shape index (κ2) is 11.4. The summed E-state index contributed by atoms with van der Waals surface area (Å²) >= 11 is 0. The van der Waals surface area contributed by atoms with Crippen LogP contribution in [-0.4, -0.2) is 73.1 Å². The van der Waals surface area contributed by atoms with Gasteiger partial charge in [0.2, 0.25) is 11.9 Å². The molecule has 214 valence electrons. The van der Waals surface area contributed by atoms with Gasteiger partial charge in [0.1, 0.15) is 11.4 Å². The van der Waals surface area contributed by atoms with Crippen LogP contribution in [0.15, 0.2) is 48.7 Å². The zero-order valence-corrected chi connectivity index (χ0v) is 23.9. The SMILES string of the molecule is CCc1ccc(N2CCC(=O)N(C)c3cnc(Nc4ccc(C(=O)NC5CN6CCC5CC6)cc4OC)nc32)cc1. The molecule has 1 atom stereocenters. The number of carbonyl (C=O) groups excluding carboxylic acids is 2. The van der Waals surface area contributed by atoms with E-state index in [9.17, 15) is 9.59 Å². The number of nitrogens with zero attached hydrogens (tertiary/aromatic N) is 5. The van der Waals surface area contributed by atoms with Crippen molar-refractivity contribution in [3.8, 4) is 5.75 Å². The summed E-state index contributed by atoms with van der Waals surface area (Å²) in [6, 6.07) is 13.9. The Bertz CT molecular complexity index is 1440. The van der Waals surface area contributed by atoms with Crippen LogP contribution in [0.1, 0.15) is 42.1 Å². The number of rotatable bonds is 7. The summed E-state index contributed by atoms with van der Waals surface area (Å²) in [5.41, 5.74) is 4.05. The Hall–Kier alpha value is -4.18. The Labute approximate surface area is 240 Å². The smallest absolute Gasteiger partial charge is 0.251 e. The predicted molar refractivity (Wildman–Crippen MR) is 160 cm³/mol. The molecule has 2 N–H and O–H groups in total. The lowest BCUT2D eigenvalue weighted by Gasteiger charge is -2.44. The number of amides is 2. The molecule has 0 saturated carbocycles. The van der Waals surface area contributed by atoms with E-state index in [1.54, 1.807) is 37.4 Å². The molecule has 0 radical (unpaired) electrons. The fraction of sp³-hybridized carbons (Fsp3) is 0.419. The summed E-state index contributed by atoms with van der Waals surface area (Å²) in [5.74, 6) is 2.00. The van der Waals surface area contributed by atoms with Gasteiger partial charge in [0, 0.05) is 43.9 Å². The minimum absolute atomic E-state index is 0.0111. The Morgan fingerprint density at radius 2 is 1.88 bits per heavy atom. The molecule has 10 heteroatoms. The lowest BCUT2D eigenvalue weighted by molar-refractivity contribution is -0.118. The first-order valence-electron chi connectivity index (χ1n) is 14.4. The molecule has 5 heterocycles. The lowest BCUT2D eigenvalue weighted by atomic mass is 9.84. The topological polar surface area (TPSA) is 103 Å². The molecule has 0 spiro atoms. The maximum absolute atomic E-state index is 13.1. The van der Waals surface area contributed by atoms with Crippen LogP contribution in [0, 0.1) is 5.92 Å². The summed E-state index contributed by atoms with van der Waals surface area (Å²) in [5, 5.41) is 6.51. The van der Waals surface area contributed by atoms with E-state index >= 15 is 0 Å². The average Bonchev–Trinajstić information content (AvgIpc) is 3.13. The first-order chi connectivity index (χ1) is 19.9. The third-order valence-electron chi connectivity index (χ3n) is 8.63. The maximum atomic E-state index is 13.1. The number of hydrogen-bond donors (Lipinski definition) is 2. The van der Waals surface area contributed by atoms with E-state index in [-0.39, 0.29) is 17.9 Å². The van der Waals surface area contributed by atoms with Gasteiger partial charge in [-0.3, -0.25) is 9.59 Å². The molecule has 4 aliphatic rings. The zero-order chi connectivity index (χ0) is 28.5. The number of benzene rings is 2. The molecule has 4 aliphatic heterocycles. The van der Waals surface area contributed by atoms with Crippen LogP contribution in [0.2, 0.25) is 0 Å². The molecule has 10 nitrogen and oxygen atoms in total. The van der Waals surface area contributed by atoms with E-state index in [2.05, 4.69) is 56.6 Å². The number of hydrogen-bond acceptors (Lipinski definition) is 8. The Morgan fingerprint density at radius 1 is 1.10 bits per heavy atom. The maximum Gasteiger partial charge on any atom is 0.251 e. The highest BCUT2D eigenvalue weighted by atomic mass is 16.5. The van der Waals surface area contributed by atoms with Crippen molar-refractivity contribution < 1.29 is 14.3 Å². The standard InChI is InChI=1S/C31H37N7O3/c1-4-20-5-8-23(9-6-20)38-16-13-28(39)36(2)26-18-32-31(35-29(26)38)34-24-10-7-22(17-27(24)41-3)30(40)33-25-19-37-14-11-21(25)12-15-37/h5-10,17-18,21,25H,4,11-16,19H2,1-3H3,(H,33,40)(H,32,34,35). The second-order valence-corrected chi connectivity index (χ2v) is 11.0. The van der Waals surface area contributed by atoms with Crippen molar-refractivity contribution in [3.05, 3.63) is 59.8 Å².